The maximum atomic E-state index is 12.8. The molecule has 6 nitrogen and oxygen atoms in total. The van der Waals surface area contributed by atoms with Crippen LogP contribution in [-0.4, -0.2) is 30.3 Å². The molecule has 0 aliphatic carbocycles. The van der Waals surface area contributed by atoms with Gasteiger partial charge in [-0.1, -0.05) is 35.6 Å². The number of nitrogens with zero attached hydrogens (tertiary/aromatic N) is 2. The van der Waals surface area contributed by atoms with Crippen molar-refractivity contribution in [2.24, 2.45) is 0 Å². The summed E-state index contributed by atoms with van der Waals surface area (Å²) in [5, 5.41) is 14.2. The molecule has 0 atom stereocenters. The molecule has 4 aromatic rings. The van der Waals surface area contributed by atoms with E-state index >= 15 is 0 Å². The van der Waals surface area contributed by atoms with E-state index < -0.39 is 0 Å². The molecule has 3 aromatic carbocycles. The van der Waals surface area contributed by atoms with Gasteiger partial charge in [0.1, 0.15) is 16.5 Å². The smallest absolute Gasteiger partial charge is 0.261 e. The Balaban J connectivity index is 1.58. The minimum absolute atomic E-state index is 0.292. The van der Waals surface area contributed by atoms with Crippen LogP contribution in [0.4, 0.5) is 5.13 Å². The van der Waals surface area contributed by atoms with Crippen molar-refractivity contribution >= 4 is 33.1 Å². The highest BCUT2D eigenvalue weighted by atomic mass is 32.1. The van der Waals surface area contributed by atoms with Crippen molar-refractivity contribution in [3.05, 3.63) is 66.2 Å². The summed E-state index contributed by atoms with van der Waals surface area (Å²) in [5.41, 5.74) is 1.35. The third-order valence-electron chi connectivity index (χ3n) is 4.29. The number of rotatable bonds is 5. The number of hydrogen-bond donors (Lipinski definition) is 1. The number of aromatic nitrogens is 2. The zero-order chi connectivity index (χ0) is 19.5. The topological polar surface area (TPSA) is 73.3 Å². The molecule has 0 bridgehead atoms. The molecule has 0 unspecified atom stereocenters. The van der Waals surface area contributed by atoms with Gasteiger partial charge in [-0.05, 0) is 47.2 Å². The van der Waals surface area contributed by atoms with Crippen LogP contribution in [0.5, 0.6) is 11.5 Å². The number of nitrogens with one attached hydrogen (secondary N) is 1. The number of benzene rings is 3. The fourth-order valence-corrected chi connectivity index (χ4v) is 3.60. The Morgan fingerprint density at radius 1 is 0.929 bits per heavy atom. The molecule has 0 aliphatic heterocycles. The van der Waals surface area contributed by atoms with E-state index in [2.05, 4.69) is 15.5 Å². The molecule has 0 fully saturated rings. The van der Waals surface area contributed by atoms with Gasteiger partial charge in [0.25, 0.3) is 5.91 Å². The van der Waals surface area contributed by atoms with Crippen molar-refractivity contribution in [3.8, 4) is 22.1 Å². The second-order valence-electron chi connectivity index (χ2n) is 5.99. The summed E-state index contributed by atoms with van der Waals surface area (Å²) >= 11 is 1.30. The van der Waals surface area contributed by atoms with Gasteiger partial charge in [0, 0.05) is 5.56 Å². The van der Waals surface area contributed by atoms with Crippen LogP contribution < -0.4 is 14.8 Å². The van der Waals surface area contributed by atoms with Crippen molar-refractivity contribution in [1.29, 1.82) is 0 Å². The Labute approximate surface area is 165 Å². The molecule has 0 saturated heterocycles. The lowest BCUT2D eigenvalue weighted by atomic mass is 10.1. The molecule has 140 valence electrons. The third-order valence-corrected chi connectivity index (χ3v) is 5.18. The number of fused-ring (bicyclic) bond motifs is 1. The van der Waals surface area contributed by atoms with Gasteiger partial charge in [-0.15, -0.1) is 10.2 Å². The molecule has 0 saturated carbocycles. The van der Waals surface area contributed by atoms with Gasteiger partial charge in [-0.2, -0.15) is 0 Å². The maximum absolute atomic E-state index is 12.8. The van der Waals surface area contributed by atoms with Gasteiger partial charge in [0.05, 0.1) is 19.8 Å². The first-order valence-corrected chi connectivity index (χ1v) is 9.35. The van der Waals surface area contributed by atoms with E-state index in [4.69, 9.17) is 9.47 Å². The number of anilines is 1. The van der Waals surface area contributed by atoms with Crippen molar-refractivity contribution in [2.45, 2.75) is 0 Å². The highest BCUT2D eigenvalue weighted by Crippen LogP contribution is 2.30. The molecule has 1 N–H and O–H groups in total. The summed E-state index contributed by atoms with van der Waals surface area (Å²) in [6.45, 7) is 0. The van der Waals surface area contributed by atoms with Crippen LogP contribution in [0.3, 0.4) is 0 Å². The van der Waals surface area contributed by atoms with Crippen LogP contribution in [0.1, 0.15) is 10.4 Å². The standard InChI is InChI=1S/C21H17N3O3S/c1-26-16-9-7-13(8-10-16)20-23-24-21(28-20)22-19(25)17-11-14-5-3-4-6-15(14)12-18(17)27-2/h3-12H,1-2H3,(H,22,24,25). The van der Waals surface area contributed by atoms with Gasteiger partial charge in [0.2, 0.25) is 5.13 Å². The Hall–Kier alpha value is -3.45. The highest BCUT2D eigenvalue weighted by molar-refractivity contribution is 7.18. The monoisotopic (exact) mass is 391 g/mol. The fourth-order valence-electron chi connectivity index (χ4n) is 2.85. The Kier molecular flexibility index (Phi) is 4.90. The first kappa shape index (κ1) is 17.9. The van der Waals surface area contributed by atoms with Gasteiger partial charge < -0.3 is 9.47 Å². The highest BCUT2D eigenvalue weighted by Gasteiger charge is 2.16. The molecule has 1 amide bonds. The number of amides is 1. The number of ether oxygens (including phenoxy) is 2. The summed E-state index contributed by atoms with van der Waals surface area (Å²) in [5.74, 6) is 0.987. The lowest BCUT2D eigenvalue weighted by Crippen LogP contribution is -2.13. The summed E-state index contributed by atoms with van der Waals surface area (Å²) in [4.78, 5) is 12.8. The molecule has 0 radical (unpaired) electrons. The lowest BCUT2D eigenvalue weighted by Gasteiger charge is -2.09. The molecule has 7 heteroatoms. The fraction of sp³-hybridized carbons (Fsp3) is 0.0952. The third kappa shape index (κ3) is 3.52. The van der Waals surface area contributed by atoms with E-state index in [0.717, 1.165) is 22.1 Å². The summed E-state index contributed by atoms with van der Waals surface area (Å²) in [6.07, 6.45) is 0. The van der Waals surface area contributed by atoms with Gasteiger partial charge in [-0.3, -0.25) is 10.1 Å². The van der Waals surface area contributed by atoms with E-state index in [1.54, 1.807) is 14.2 Å². The lowest BCUT2D eigenvalue weighted by molar-refractivity contribution is 0.102. The van der Waals surface area contributed by atoms with Gasteiger partial charge in [0.15, 0.2) is 0 Å². The van der Waals surface area contributed by atoms with Crippen LogP contribution in [0.2, 0.25) is 0 Å². The number of carbonyl (C=O) groups excluding carboxylic acids is 1. The van der Waals surface area contributed by atoms with Crippen molar-refractivity contribution < 1.29 is 14.3 Å². The molecule has 28 heavy (non-hydrogen) atoms. The Morgan fingerprint density at radius 2 is 1.64 bits per heavy atom. The summed E-state index contributed by atoms with van der Waals surface area (Å²) < 4.78 is 10.6. The van der Waals surface area contributed by atoms with Crippen LogP contribution in [0, 0.1) is 0 Å². The molecule has 1 aromatic heterocycles. The second-order valence-corrected chi connectivity index (χ2v) is 6.97. The van der Waals surface area contributed by atoms with E-state index in [0.29, 0.717) is 21.5 Å². The average Bonchev–Trinajstić information content (AvgIpc) is 3.21. The maximum Gasteiger partial charge on any atom is 0.261 e. The molecular formula is C21H17N3O3S. The Bertz CT molecular complexity index is 1140. The van der Waals surface area contributed by atoms with Crippen LogP contribution in [-0.2, 0) is 0 Å². The Morgan fingerprint density at radius 3 is 2.32 bits per heavy atom. The minimum Gasteiger partial charge on any atom is -0.497 e. The van der Waals surface area contributed by atoms with Gasteiger partial charge in [-0.25, -0.2) is 0 Å². The molecule has 0 aliphatic rings. The first-order valence-electron chi connectivity index (χ1n) is 8.54. The molecule has 1 heterocycles. The predicted octanol–water partition coefficient (Wildman–Crippen LogP) is 4.63. The molecule has 4 rings (SSSR count). The molecule has 0 spiro atoms. The second kappa shape index (κ2) is 7.66. The van der Waals surface area contributed by atoms with Crippen molar-refractivity contribution in [2.75, 3.05) is 19.5 Å². The van der Waals surface area contributed by atoms with Crippen LogP contribution in [0.15, 0.2) is 60.7 Å². The molecular weight excluding hydrogens is 374 g/mol. The van der Waals surface area contributed by atoms with E-state index in [9.17, 15) is 4.79 Å². The minimum atomic E-state index is -0.292. The number of methoxy groups -OCH3 is 2. The summed E-state index contributed by atoms with van der Waals surface area (Å²) in [7, 11) is 3.17. The quantitative estimate of drug-likeness (QED) is 0.537. The van der Waals surface area contributed by atoms with Gasteiger partial charge >= 0.3 is 0 Å². The largest absolute Gasteiger partial charge is 0.497 e. The number of carbonyl (C=O) groups is 1. The van der Waals surface area contributed by atoms with E-state index in [1.165, 1.54) is 11.3 Å². The SMILES string of the molecule is COc1ccc(-c2nnc(NC(=O)c3cc4ccccc4cc3OC)s2)cc1. The van der Waals surface area contributed by atoms with E-state index in [-0.39, 0.29) is 5.91 Å². The van der Waals surface area contributed by atoms with E-state index in [1.807, 2.05) is 60.7 Å². The average molecular weight is 391 g/mol. The summed E-state index contributed by atoms with van der Waals surface area (Å²) in [6, 6.07) is 19.0. The van der Waals surface area contributed by atoms with Crippen molar-refractivity contribution in [1.82, 2.24) is 10.2 Å². The zero-order valence-electron chi connectivity index (χ0n) is 15.3. The normalized spacial score (nSPS) is 10.6. The van der Waals surface area contributed by atoms with Crippen LogP contribution in [0.25, 0.3) is 21.3 Å². The first-order chi connectivity index (χ1) is 13.7. The zero-order valence-corrected chi connectivity index (χ0v) is 16.1. The predicted molar refractivity (Wildman–Crippen MR) is 110 cm³/mol. The number of hydrogen-bond acceptors (Lipinski definition) is 6. The van der Waals surface area contributed by atoms with Crippen LogP contribution >= 0.6 is 11.3 Å². The van der Waals surface area contributed by atoms with Crippen molar-refractivity contribution in [3.63, 3.8) is 0 Å².